The summed E-state index contributed by atoms with van der Waals surface area (Å²) in [5.41, 5.74) is 3.15. The summed E-state index contributed by atoms with van der Waals surface area (Å²) < 4.78 is 10.8. The molecule has 0 bridgehead atoms. The van der Waals surface area contributed by atoms with Gasteiger partial charge in [0.15, 0.2) is 11.5 Å². The van der Waals surface area contributed by atoms with Gasteiger partial charge in [-0.15, -0.1) is 23.1 Å². The third-order valence-electron chi connectivity index (χ3n) is 5.94. The highest BCUT2D eigenvalue weighted by Gasteiger charge is 2.26. The molecule has 1 aliphatic rings. The predicted octanol–water partition coefficient (Wildman–Crippen LogP) is 3.83. The number of H-pyrrole nitrogens is 1. The van der Waals surface area contributed by atoms with Gasteiger partial charge in [0.1, 0.15) is 10.7 Å². The number of nitrogens with zero attached hydrogens (tertiary/aromatic N) is 2. The lowest BCUT2D eigenvalue weighted by Gasteiger charge is -2.31. The smallest absolute Gasteiger partial charge is 0.259 e. The lowest BCUT2D eigenvalue weighted by molar-refractivity contribution is -0.131. The first-order valence-electron chi connectivity index (χ1n) is 10.5. The third kappa shape index (κ3) is 4.23. The van der Waals surface area contributed by atoms with Crippen molar-refractivity contribution in [1.82, 2.24) is 14.9 Å². The van der Waals surface area contributed by atoms with E-state index in [1.807, 2.05) is 37.8 Å². The van der Waals surface area contributed by atoms with E-state index in [1.165, 1.54) is 28.7 Å². The molecule has 170 valence electrons. The Labute approximate surface area is 195 Å². The van der Waals surface area contributed by atoms with Crippen LogP contribution in [0.2, 0.25) is 0 Å². The topological polar surface area (TPSA) is 84.5 Å². The van der Waals surface area contributed by atoms with Crippen molar-refractivity contribution in [3.05, 3.63) is 49.9 Å². The van der Waals surface area contributed by atoms with Gasteiger partial charge >= 0.3 is 0 Å². The number of benzene rings is 1. The van der Waals surface area contributed by atoms with E-state index in [4.69, 9.17) is 9.47 Å². The van der Waals surface area contributed by atoms with Crippen LogP contribution in [-0.4, -0.2) is 46.8 Å². The van der Waals surface area contributed by atoms with Gasteiger partial charge in [0.2, 0.25) is 5.91 Å². The quantitative estimate of drug-likeness (QED) is 0.586. The van der Waals surface area contributed by atoms with Crippen LogP contribution in [0, 0.1) is 13.8 Å². The normalized spacial score (nSPS) is 14.3. The number of rotatable bonds is 6. The van der Waals surface area contributed by atoms with E-state index in [0.717, 1.165) is 27.3 Å². The van der Waals surface area contributed by atoms with Gasteiger partial charge in [0.05, 0.1) is 30.6 Å². The Balaban J connectivity index is 1.43. The number of ether oxygens (including phenoxy) is 2. The molecular weight excluding hydrogens is 446 g/mol. The summed E-state index contributed by atoms with van der Waals surface area (Å²) in [5.74, 6) is 2.55. The first-order valence-corrected chi connectivity index (χ1v) is 12.3. The standard InChI is InChI=1S/C23H27N3O4S2/c1-12-13(2)32-22-20(12)21(27)24-19(25-22)11-31-14(3)23(28)26-7-6-15-8-17(29-4)18(30-5)9-16(15)10-26/h8-9,14H,6-7,10-11H2,1-5H3,(H,24,25,27)/t14-/m0/s1. The van der Waals surface area contributed by atoms with Gasteiger partial charge in [-0.2, -0.15) is 0 Å². The molecule has 2 aromatic heterocycles. The zero-order valence-corrected chi connectivity index (χ0v) is 20.5. The summed E-state index contributed by atoms with van der Waals surface area (Å²) in [5, 5.41) is 0.425. The Morgan fingerprint density at radius 2 is 1.94 bits per heavy atom. The molecule has 0 saturated heterocycles. The van der Waals surface area contributed by atoms with E-state index < -0.39 is 0 Å². The van der Waals surface area contributed by atoms with Crippen molar-refractivity contribution in [2.45, 2.75) is 44.7 Å². The molecule has 1 aromatic carbocycles. The fourth-order valence-electron chi connectivity index (χ4n) is 3.97. The lowest BCUT2D eigenvalue weighted by Crippen LogP contribution is -2.40. The number of carbonyl (C=O) groups excluding carboxylic acids is 1. The highest BCUT2D eigenvalue weighted by molar-refractivity contribution is 7.99. The van der Waals surface area contributed by atoms with Crippen molar-refractivity contribution < 1.29 is 14.3 Å². The van der Waals surface area contributed by atoms with Gasteiger partial charge in [-0.3, -0.25) is 9.59 Å². The Morgan fingerprint density at radius 3 is 2.62 bits per heavy atom. The number of hydrogen-bond acceptors (Lipinski definition) is 7. The van der Waals surface area contributed by atoms with Crippen LogP contribution in [0.5, 0.6) is 11.5 Å². The molecule has 0 saturated carbocycles. The molecule has 7 nitrogen and oxygen atoms in total. The van der Waals surface area contributed by atoms with Crippen LogP contribution >= 0.6 is 23.1 Å². The molecule has 1 amide bonds. The Kier molecular flexibility index (Phi) is 6.48. The van der Waals surface area contributed by atoms with Crippen molar-refractivity contribution in [1.29, 1.82) is 0 Å². The van der Waals surface area contributed by atoms with E-state index in [0.29, 0.717) is 41.6 Å². The summed E-state index contributed by atoms with van der Waals surface area (Å²) in [4.78, 5) is 36.8. The third-order valence-corrected chi connectivity index (χ3v) is 8.18. The van der Waals surface area contributed by atoms with Crippen LogP contribution < -0.4 is 15.0 Å². The second-order valence-corrected chi connectivity index (χ2v) is 10.4. The number of amides is 1. The summed E-state index contributed by atoms with van der Waals surface area (Å²) in [6.45, 7) is 7.07. The number of aromatic nitrogens is 2. The second-order valence-electron chi connectivity index (χ2n) is 7.91. The number of carbonyl (C=O) groups is 1. The van der Waals surface area contributed by atoms with Crippen molar-refractivity contribution in [3.63, 3.8) is 0 Å². The molecule has 0 fully saturated rings. The van der Waals surface area contributed by atoms with Gasteiger partial charge in [-0.05, 0) is 56.0 Å². The minimum absolute atomic E-state index is 0.0849. The van der Waals surface area contributed by atoms with Crippen LogP contribution in [0.1, 0.15) is 34.3 Å². The van der Waals surface area contributed by atoms with Crippen LogP contribution in [0.3, 0.4) is 0 Å². The monoisotopic (exact) mass is 473 g/mol. The lowest BCUT2D eigenvalue weighted by atomic mass is 9.98. The average molecular weight is 474 g/mol. The van der Waals surface area contributed by atoms with Crippen LogP contribution in [-0.2, 0) is 23.5 Å². The number of nitrogens with one attached hydrogen (secondary N) is 1. The first-order chi connectivity index (χ1) is 15.3. The summed E-state index contributed by atoms with van der Waals surface area (Å²) >= 11 is 3.03. The van der Waals surface area contributed by atoms with Gasteiger partial charge in [-0.1, -0.05) is 0 Å². The summed E-state index contributed by atoms with van der Waals surface area (Å²) in [7, 11) is 3.24. The second kappa shape index (κ2) is 9.15. The minimum atomic E-state index is -0.246. The van der Waals surface area contributed by atoms with Crippen LogP contribution in [0.15, 0.2) is 16.9 Å². The molecule has 3 aromatic rings. The predicted molar refractivity (Wildman–Crippen MR) is 129 cm³/mol. The number of aromatic amines is 1. The molecule has 1 aliphatic heterocycles. The number of aryl methyl sites for hydroxylation is 2. The van der Waals surface area contributed by atoms with Crippen molar-refractivity contribution in [2.75, 3.05) is 20.8 Å². The minimum Gasteiger partial charge on any atom is -0.493 e. The molecule has 0 aliphatic carbocycles. The highest BCUT2D eigenvalue weighted by Crippen LogP contribution is 2.34. The van der Waals surface area contributed by atoms with Crippen molar-refractivity contribution >= 4 is 39.2 Å². The molecular formula is C23H27N3O4S2. The molecule has 0 spiro atoms. The zero-order chi connectivity index (χ0) is 23.0. The van der Waals surface area contributed by atoms with E-state index >= 15 is 0 Å². The first kappa shape index (κ1) is 22.7. The van der Waals surface area contributed by atoms with Gasteiger partial charge in [0.25, 0.3) is 5.56 Å². The SMILES string of the molecule is COc1cc2c(cc1OC)CN(C(=O)[C@H](C)SCc1nc3sc(C)c(C)c3c(=O)[nH]1)CC2. The number of hydrogen-bond donors (Lipinski definition) is 1. The van der Waals surface area contributed by atoms with Gasteiger partial charge in [-0.25, -0.2) is 4.98 Å². The number of methoxy groups -OCH3 is 2. The molecule has 3 heterocycles. The maximum Gasteiger partial charge on any atom is 0.259 e. The number of fused-ring (bicyclic) bond motifs is 2. The number of thioether (sulfide) groups is 1. The van der Waals surface area contributed by atoms with Crippen LogP contribution in [0.4, 0.5) is 0 Å². The van der Waals surface area contributed by atoms with Crippen LogP contribution in [0.25, 0.3) is 10.2 Å². The van der Waals surface area contributed by atoms with E-state index in [2.05, 4.69) is 9.97 Å². The molecule has 0 radical (unpaired) electrons. The summed E-state index contributed by atoms with van der Waals surface area (Å²) in [6, 6.07) is 3.96. The summed E-state index contributed by atoms with van der Waals surface area (Å²) in [6.07, 6.45) is 0.779. The van der Waals surface area contributed by atoms with Crippen molar-refractivity contribution in [2.24, 2.45) is 0 Å². The van der Waals surface area contributed by atoms with E-state index in [-0.39, 0.29) is 16.7 Å². The maximum absolute atomic E-state index is 13.1. The fraction of sp³-hybridized carbons (Fsp3) is 0.435. The van der Waals surface area contributed by atoms with E-state index in [9.17, 15) is 9.59 Å². The van der Waals surface area contributed by atoms with Crippen molar-refractivity contribution in [3.8, 4) is 11.5 Å². The average Bonchev–Trinajstić information content (AvgIpc) is 3.09. The molecule has 0 unspecified atom stereocenters. The largest absolute Gasteiger partial charge is 0.493 e. The molecule has 1 N–H and O–H groups in total. The highest BCUT2D eigenvalue weighted by atomic mass is 32.2. The molecule has 4 rings (SSSR count). The maximum atomic E-state index is 13.1. The Hall–Kier alpha value is -2.52. The Bertz CT molecular complexity index is 1230. The van der Waals surface area contributed by atoms with E-state index in [1.54, 1.807) is 14.2 Å². The molecule has 9 heteroatoms. The molecule has 32 heavy (non-hydrogen) atoms. The zero-order valence-electron chi connectivity index (χ0n) is 18.9. The molecule has 1 atom stereocenters. The number of thiophene rings is 1. The Morgan fingerprint density at radius 1 is 1.25 bits per heavy atom. The fourth-order valence-corrected chi connectivity index (χ4v) is 5.86. The van der Waals surface area contributed by atoms with Gasteiger partial charge in [0, 0.05) is 18.0 Å². The van der Waals surface area contributed by atoms with Gasteiger partial charge < -0.3 is 19.4 Å².